The molecule has 110 valence electrons. The van der Waals surface area contributed by atoms with Crippen molar-refractivity contribution in [3.63, 3.8) is 0 Å². The third-order valence-corrected chi connectivity index (χ3v) is 4.41. The topological polar surface area (TPSA) is 24.1 Å². The summed E-state index contributed by atoms with van der Waals surface area (Å²) in [5, 5.41) is 7.14. The second-order valence-electron chi connectivity index (χ2n) is 4.51. The van der Waals surface area contributed by atoms with Crippen molar-refractivity contribution in [1.29, 1.82) is 0 Å². The molecule has 0 amide bonds. The van der Waals surface area contributed by atoms with Crippen molar-refractivity contribution < 1.29 is 4.39 Å². The molecule has 21 heavy (non-hydrogen) atoms. The summed E-state index contributed by atoms with van der Waals surface area (Å²) in [7, 11) is 0. The predicted octanol–water partition coefficient (Wildman–Crippen LogP) is 5.04. The molecule has 2 rings (SSSR count). The molecule has 2 aromatic carbocycles. The Labute approximate surface area is 141 Å². The number of halogens is 3. The number of hydrogen-bond donors (Lipinski definition) is 2. The lowest BCUT2D eigenvalue weighted by molar-refractivity contribution is 0.624. The Balaban J connectivity index is 1.95. The number of aryl methyl sites for hydroxylation is 1. The minimum Gasteiger partial charge on any atom is -0.358 e. The summed E-state index contributed by atoms with van der Waals surface area (Å²) >= 11 is 14.6. The summed E-state index contributed by atoms with van der Waals surface area (Å²) in [6, 6.07) is 10.2. The molecule has 2 aromatic rings. The maximum Gasteiger partial charge on any atom is 0.171 e. The molecule has 0 saturated carbocycles. The first-order valence-electron chi connectivity index (χ1n) is 6.20. The fourth-order valence-electron chi connectivity index (χ4n) is 1.76. The summed E-state index contributed by atoms with van der Waals surface area (Å²) in [6.45, 7) is 2.39. The van der Waals surface area contributed by atoms with Crippen molar-refractivity contribution >= 4 is 50.5 Å². The van der Waals surface area contributed by atoms with Crippen molar-refractivity contribution in [2.75, 3.05) is 5.32 Å². The van der Waals surface area contributed by atoms with Crippen LogP contribution in [0.15, 0.2) is 40.9 Å². The van der Waals surface area contributed by atoms with Crippen molar-refractivity contribution in [3.05, 3.63) is 62.8 Å². The zero-order valence-electron chi connectivity index (χ0n) is 11.2. The maximum absolute atomic E-state index is 13.2. The molecule has 0 fully saturated rings. The SMILES string of the molecule is Cc1ccc(F)cc1CNC(=S)Nc1ccc(Br)c(Cl)c1. The lowest BCUT2D eigenvalue weighted by Gasteiger charge is -2.12. The molecule has 0 atom stereocenters. The van der Waals surface area contributed by atoms with E-state index >= 15 is 0 Å². The zero-order valence-corrected chi connectivity index (χ0v) is 14.4. The molecule has 0 unspecified atom stereocenters. The lowest BCUT2D eigenvalue weighted by atomic mass is 10.1. The summed E-state index contributed by atoms with van der Waals surface area (Å²) < 4.78 is 14.0. The first-order valence-corrected chi connectivity index (χ1v) is 7.78. The highest BCUT2D eigenvalue weighted by molar-refractivity contribution is 9.10. The van der Waals surface area contributed by atoms with E-state index in [-0.39, 0.29) is 5.82 Å². The van der Waals surface area contributed by atoms with Crippen LogP contribution in [0, 0.1) is 12.7 Å². The first-order chi connectivity index (χ1) is 9.95. The Morgan fingerprint density at radius 1 is 1.29 bits per heavy atom. The van der Waals surface area contributed by atoms with Gasteiger partial charge in [0, 0.05) is 16.7 Å². The normalized spacial score (nSPS) is 10.3. The van der Waals surface area contributed by atoms with Gasteiger partial charge in [0.2, 0.25) is 0 Å². The number of rotatable bonds is 3. The third-order valence-electron chi connectivity index (χ3n) is 2.93. The standard InChI is InChI=1S/C15H13BrClFN2S/c1-9-2-3-11(18)6-10(9)8-19-15(21)20-12-4-5-13(16)14(17)7-12/h2-7H,8H2,1H3,(H2,19,20,21). The molecule has 0 aliphatic carbocycles. The summed E-state index contributed by atoms with van der Waals surface area (Å²) in [5.74, 6) is -0.254. The highest BCUT2D eigenvalue weighted by atomic mass is 79.9. The Morgan fingerprint density at radius 3 is 2.76 bits per heavy atom. The fraction of sp³-hybridized carbons (Fsp3) is 0.133. The predicted molar refractivity (Wildman–Crippen MR) is 93.3 cm³/mol. The zero-order chi connectivity index (χ0) is 15.4. The molecule has 2 nitrogen and oxygen atoms in total. The average Bonchev–Trinajstić information content (AvgIpc) is 2.44. The van der Waals surface area contributed by atoms with Gasteiger partial charge in [0.05, 0.1) is 5.02 Å². The summed E-state index contributed by atoms with van der Waals surface area (Å²) in [5.41, 5.74) is 2.67. The summed E-state index contributed by atoms with van der Waals surface area (Å²) in [6.07, 6.45) is 0. The van der Waals surface area contributed by atoms with E-state index in [1.54, 1.807) is 12.1 Å². The van der Waals surface area contributed by atoms with Crippen LogP contribution < -0.4 is 10.6 Å². The molecule has 0 aliphatic rings. The van der Waals surface area contributed by atoms with Crippen molar-refractivity contribution in [1.82, 2.24) is 5.32 Å². The van der Waals surface area contributed by atoms with Crippen LogP contribution in [0.3, 0.4) is 0 Å². The van der Waals surface area contributed by atoms with Crippen molar-refractivity contribution in [2.24, 2.45) is 0 Å². The van der Waals surface area contributed by atoms with E-state index in [0.717, 1.165) is 21.3 Å². The fourth-order valence-corrected chi connectivity index (χ4v) is 2.37. The Hall–Kier alpha value is -1.17. The molecule has 0 bridgehead atoms. The third kappa shape index (κ3) is 4.66. The van der Waals surface area contributed by atoms with Gasteiger partial charge in [-0.3, -0.25) is 0 Å². The number of thiocarbonyl (C=S) groups is 1. The lowest BCUT2D eigenvalue weighted by Crippen LogP contribution is -2.28. The van der Waals surface area contributed by atoms with E-state index < -0.39 is 0 Å². The molecule has 0 aromatic heterocycles. The monoisotopic (exact) mass is 386 g/mol. The van der Waals surface area contributed by atoms with Gasteiger partial charge >= 0.3 is 0 Å². The van der Waals surface area contributed by atoms with E-state index in [0.29, 0.717) is 16.7 Å². The van der Waals surface area contributed by atoms with Gasteiger partial charge in [-0.05, 0) is 76.5 Å². The largest absolute Gasteiger partial charge is 0.358 e. The van der Waals surface area contributed by atoms with E-state index in [2.05, 4.69) is 26.6 Å². The van der Waals surface area contributed by atoms with Gasteiger partial charge in [0.25, 0.3) is 0 Å². The molecule has 0 radical (unpaired) electrons. The van der Waals surface area contributed by atoms with E-state index in [9.17, 15) is 4.39 Å². The summed E-state index contributed by atoms with van der Waals surface area (Å²) in [4.78, 5) is 0. The van der Waals surface area contributed by atoms with Gasteiger partial charge < -0.3 is 10.6 Å². The Morgan fingerprint density at radius 2 is 2.05 bits per heavy atom. The minimum absolute atomic E-state index is 0.254. The highest BCUT2D eigenvalue weighted by Crippen LogP contribution is 2.25. The first kappa shape index (κ1) is 16.2. The number of hydrogen-bond acceptors (Lipinski definition) is 1. The molecule has 2 N–H and O–H groups in total. The molecular formula is C15H13BrClFN2S. The Kier molecular flexibility index (Phi) is 5.56. The molecule has 0 aliphatic heterocycles. The van der Waals surface area contributed by atoms with Crippen LogP contribution in [0.1, 0.15) is 11.1 Å². The second-order valence-corrected chi connectivity index (χ2v) is 6.18. The van der Waals surface area contributed by atoms with Gasteiger partial charge in [-0.1, -0.05) is 17.7 Å². The molecule has 0 heterocycles. The van der Waals surface area contributed by atoms with Gasteiger partial charge in [-0.25, -0.2) is 4.39 Å². The molecule has 6 heteroatoms. The Bertz CT molecular complexity index is 679. The number of nitrogens with one attached hydrogen (secondary N) is 2. The second kappa shape index (κ2) is 7.20. The van der Waals surface area contributed by atoms with E-state index in [1.165, 1.54) is 12.1 Å². The molecule has 0 spiro atoms. The van der Waals surface area contributed by atoms with Crippen LogP contribution in [-0.4, -0.2) is 5.11 Å². The van der Waals surface area contributed by atoms with Gasteiger partial charge in [-0.2, -0.15) is 0 Å². The van der Waals surface area contributed by atoms with Gasteiger partial charge in [-0.15, -0.1) is 0 Å². The van der Waals surface area contributed by atoms with Gasteiger partial charge in [0.15, 0.2) is 5.11 Å². The van der Waals surface area contributed by atoms with Crippen LogP contribution in [0.25, 0.3) is 0 Å². The van der Waals surface area contributed by atoms with Crippen LogP contribution >= 0.6 is 39.7 Å². The maximum atomic E-state index is 13.2. The minimum atomic E-state index is -0.254. The van der Waals surface area contributed by atoms with Gasteiger partial charge in [0.1, 0.15) is 5.82 Å². The van der Waals surface area contributed by atoms with Crippen molar-refractivity contribution in [2.45, 2.75) is 13.5 Å². The van der Waals surface area contributed by atoms with Crippen LogP contribution in [-0.2, 0) is 6.54 Å². The average molecular weight is 388 g/mol. The number of anilines is 1. The molecular weight excluding hydrogens is 375 g/mol. The van der Waals surface area contributed by atoms with Crippen LogP contribution in [0.4, 0.5) is 10.1 Å². The van der Waals surface area contributed by atoms with Crippen LogP contribution in [0.5, 0.6) is 0 Å². The van der Waals surface area contributed by atoms with E-state index in [4.69, 9.17) is 23.8 Å². The highest BCUT2D eigenvalue weighted by Gasteiger charge is 2.04. The van der Waals surface area contributed by atoms with E-state index in [1.807, 2.05) is 19.1 Å². The molecule has 0 saturated heterocycles. The van der Waals surface area contributed by atoms with Crippen LogP contribution in [0.2, 0.25) is 5.02 Å². The quantitative estimate of drug-likeness (QED) is 0.722. The van der Waals surface area contributed by atoms with Crippen molar-refractivity contribution in [3.8, 4) is 0 Å². The smallest absolute Gasteiger partial charge is 0.171 e. The number of benzene rings is 2.